The van der Waals surface area contributed by atoms with Crippen LogP contribution in [0.15, 0.2) is 18.2 Å². The average Bonchev–Trinajstić information content (AvgIpc) is 2.30. The van der Waals surface area contributed by atoms with Gasteiger partial charge in [0, 0.05) is 25.0 Å². The summed E-state index contributed by atoms with van der Waals surface area (Å²) in [6.07, 6.45) is 0. The highest BCUT2D eigenvalue weighted by Gasteiger charge is 2.21. The summed E-state index contributed by atoms with van der Waals surface area (Å²) < 4.78 is 5.11. The van der Waals surface area contributed by atoms with Crippen LogP contribution in [0.2, 0.25) is 0 Å². The molecule has 0 atom stereocenters. The molecule has 4 nitrogen and oxygen atoms in total. The summed E-state index contributed by atoms with van der Waals surface area (Å²) in [7, 11) is 1.88. The van der Waals surface area contributed by atoms with Crippen molar-refractivity contribution in [3.05, 3.63) is 23.8 Å². The molecule has 0 aromatic heterocycles. The molecule has 0 bridgehead atoms. The van der Waals surface area contributed by atoms with Crippen LogP contribution < -0.4 is 10.2 Å². The van der Waals surface area contributed by atoms with Crippen LogP contribution in [0, 0.1) is 6.92 Å². The molecule has 0 aliphatic carbocycles. The van der Waals surface area contributed by atoms with Gasteiger partial charge >= 0.3 is 0 Å². The predicted octanol–water partition coefficient (Wildman–Crippen LogP) is 1.40. The maximum Gasteiger partial charge on any atom is 0.253 e. The molecule has 0 spiro atoms. The fourth-order valence-corrected chi connectivity index (χ4v) is 1.89. The number of benzene rings is 1. The highest BCUT2D eigenvalue weighted by molar-refractivity contribution is 5.95. The van der Waals surface area contributed by atoms with Crippen LogP contribution in [0.25, 0.3) is 0 Å². The zero-order chi connectivity index (χ0) is 11.5. The monoisotopic (exact) mass is 220 g/mol. The first-order chi connectivity index (χ1) is 7.72. The number of morpholine rings is 1. The zero-order valence-electron chi connectivity index (χ0n) is 9.62. The number of hydrogen-bond acceptors (Lipinski definition) is 3. The maximum atomic E-state index is 11.7. The van der Waals surface area contributed by atoms with Gasteiger partial charge in [-0.3, -0.25) is 4.79 Å². The largest absolute Gasteiger partial charge is 0.388 e. The van der Waals surface area contributed by atoms with E-state index in [1.54, 1.807) is 4.90 Å². The molecule has 0 radical (unpaired) electrons. The molecule has 0 unspecified atom stereocenters. The Morgan fingerprint density at radius 1 is 1.44 bits per heavy atom. The third-order valence-electron chi connectivity index (χ3n) is 2.76. The number of hydrogen-bond donors (Lipinski definition) is 1. The molecule has 1 aromatic rings. The SMILES string of the molecule is CNc1ccc(N2CCOCC2=O)c(C)c1. The molecule has 1 saturated heterocycles. The van der Waals surface area contributed by atoms with E-state index in [0.29, 0.717) is 13.2 Å². The van der Waals surface area contributed by atoms with E-state index < -0.39 is 0 Å². The lowest BCUT2D eigenvalue weighted by molar-refractivity contribution is -0.125. The lowest BCUT2D eigenvalue weighted by Gasteiger charge is -2.28. The van der Waals surface area contributed by atoms with Gasteiger partial charge in [-0.05, 0) is 30.7 Å². The molecular formula is C12H16N2O2. The quantitative estimate of drug-likeness (QED) is 0.819. The number of rotatable bonds is 2. The Balaban J connectivity index is 2.28. The Morgan fingerprint density at radius 2 is 2.25 bits per heavy atom. The number of nitrogens with zero attached hydrogens (tertiary/aromatic N) is 1. The Morgan fingerprint density at radius 3 is 2.88 bits per heavy atom. The second kappa shape index (κ2) is 4.53. The molecule has 4 heteroatoms. The molecule has 1 amide bonds. The van der Waals surface area contributed by atoms with E-state index in [2.05, 4.69) is 5.32 Å². The van der Waals surface area contributed by atoms with Gasteiger partial charge in [0.25, 0.3) is 5.91 Å². The van der Waals surface area contributed by atoms with E-state index in [9.17, 15) is 4.79 Å². The van der Waals surface area contributed by atoms with Crippen molar-refractivity contribution in [3.63, 3.8) is 0 Å². The van der Waals surface area contributed by atoms with Gasteiger partial charge in [0.1, 0.15) is 6.61 Å². The molecule has 86 valence electrons. The Labute approximate surface area is 95.2 Å². The smallest absolute Gasteiger partial charge is 0.253 e. The van der Waals surface area contributed by atoms with E-state index in [-0.39, 0.29) is 12.5 Å². The van der Waals surface area contributed by atoms with Crippen molar-refractivity contribution in [1.29, 1.82) is 0 Å². The zero-order valence-corrected chi connectivity index (χ0v) is 9.62. The minimum absolute atomic E-state index is 0.0338. The lowest BCUT2D eigenvalue weighted by atomic mass is 10.1. The highest BCUT2D eigenvalue weighted by Crippen LogP contribution is 2.24. The van der Waals surface area contributed by atoms with Crippen molar-refractivity contribution in [1.82, 2.24) is 0 Å². The Kier molecular flexibility index (Phi) is 3.10. The topological polar surface area (TPSA) is 41.6 Å². The van der Waals surface area contributed by atoms with Gasteiger partial charge in [-0.15, -0.1) is 0 Å². The van der Waals surface area contributed by atoms with Crippen LogP contribution in [-0.2, 0) is 9.53 Å². The fraction of sp³-hybridized carbons (Fsp3) is 0.417. The number of anilines is 2. The van der Waals surface area contributed by atoms with Crippen molar-refractivity contribution < 1.29 is 9.53 Å². The molecular weight excluding hydrogens is 204 g/mol. The van der Waals surface area contributed by atoms with Gasteiger partial charge in [0.15, 0.2) is 0 Å². The second-order valence-corrected chi connectivity index (χ2v) is 3.85. The van der Waals surface area contributed by atoms with E-state index >= 15 is 0 Å². The number of carbonyl (C=O) groups is 1. The molecule has 2 rings (SSSR count). The first-order valence-corrected chi connectivity index (χ1v) is 5.39. The number of nitrogens with one attached hydrogen (secondary N) is 1. The minimum Gasteiger partial charge on any atom is -0.388 e. The maximum absolute atomic E-state index is 11.7. The average molecular weight is 220 g/mol. The van der Waals surface area contributed by atoms with Gasteiger partial charge in [0.2, 0.25) is 0 Å². The Hall–Kier alpha value is -1.55. The number of carbonyl (C=O) groups excluding carboxylic acids is 1. The third-order valence-corrected chi connectivity index (χ3v) is 2.76. The standard InChI is InChI=1S/C12H16N2O2/c1-9-7-10(13-2)3-4-11(9)14-5-6-16-8-12(14)15/h3-4,7,13H,5-6,8H2,1-2H3. The Bertz CT molecular complexity index is 404. The second-order valence-electron chi connectivity index (χ2n) is 3.85. The number of aryl methyl sites for hydroxylation is 1. The van der Waals surface area contributed by atoms with Gasteiger partial charge < -0.3 is 15.0 Å². The number of amides is 1. The predicted molar refractivity (Wildman–Crippen MR) is 63.9 cm³/mol. The lowest BCUT2D eigenvalue weighted by Crippen LogP contribution is -2.42. The van der Waals surface area contributed by atoms with Crippen molar-refractivity contribution in [2.75, 3.05) is 37.0 Å². The van der Waals surface area contributed by atoms with Crippen molar-refractivity contribution in [3.8, 4) is 0 Å². The highest BCUT2D eigenvalue weighted by atomic mass is 16.5. The van der Waals surface area contributed by atoms with Gasteiger partial charge in [-0.1, -0.05) is 0 Å². The van der Waals surface area contributed by atoms with Crippen molar-refractivity contribution in [2.45, 2.75) is 6.92 Å². The number of ether oxygens (including phenoxy) is 1. The van der Waals surface area contributed by atoms with Gasteiger partial charge in [-0.2, -0.15) is 0 Å². The first kappa shape index (κ1) is 11.0. The molecule has 1 aromatic carbocycles. The summed E-state index contributed by atoms with van der Waals surface area (Å²) in [5.74, 6) is 0.0338. The first-order valence-electron chi connectivity index (χ1n) is 5.39. The van der Waals surface area contributed by atoms with Gasteiger partial charge in [0.05, 0.1) is 6.61 Å². The summed E-state index contributed by atoms with van der Waals surface area (Å²) in [5, 5.41) is 3.08. The molecule has 1 aliphatic rings. The minimum atomic E-state index is 0.0338. The molecule has 1 heterocycles. The fourth-order valence-electron chi connectivity index (χ4n) is 1.89. The molecule has 1 N–H and O–H groups in total. The van der Waals surface area contributed by atoms with Crippen LogP contribution >= 0.6 is 0 Å². The van der Waals surface area contributed by atoms with Crippen LogP contribution in [0.5, 0.6) is 0 Å². The van der Waals surface area contributed by atoms with Crippen LogP contribution in [0.1, 0.15) is 5.56 Å². The third kappa shape index (κ3) is 2.02. The van der Waals surface area contributed by atoms with Crippen molar-refractivity contribution in [2.24, 2.45) is 0 Å². The summed E-state index contributed by atoms with van der Waals surface area (Å²) in [4.78, 5) is 13.5. The summed E-state index contributed by atoms with van der Waals surface area (Å²) in [6.45, 7) is 3.45. The van der Waals surface area contributed by atoms with Crippen molar-refractivity contribution >= 4 is 17.3 Å². The van der Waals surface area contributed by atoms with Crippen LogP contribution in [0.4, 0.5) is 11.4 Å². The van der Waals surface area contributed by atoms with E-state index in [1.165, 1.54) is 0 Å². The summed E-state index contributed by atoms with van der Waals surface area (Å²) in [5.41, 5.74) is 3.14. The molecule has 1 fully saturated rings. The molecule has 16 heavy (non-hydrogen) atoms. The van der Waals surface area contributed by atoms with E-state index in [4.69, 9.17) is 4.74 Å². The van der Waals surface area contributed by atoms with Gasteiger partial charge in [-0.25, -0.2) is 0 Å². The van der Waals surface area contributed by atoms with E-state index in [0.717, 1.165) is 16.9 Å². The summed E-state index contributed by atoms with van der Waals surface area (Å²) in [6, 6.07) is 5.99. The normalized spacial score (nSPS) is 16.4. The van der Waals surface area contributed by atoms with Crippen LogP contribution in [0.3, 0.4) is 0 Å². The summed E-state index contributed by atoms with van der Waals surface area (Å²) >= 11 is 0. The van der Waals surface area contributed by atoms with E-state index in [1.807, 2.05) is 32.2 Å². The molecule has 1 aliphatic heterocycles. The van der Waals surface area contributed by atoms with Crippen LogP contribution in [-0.4, -0.2) is 32.7 Å². The molecule has 0 saturated carbocycles.